The number of nitrogens with zero attached hydrogens (tertiary/aromatic N) is 3. The van der Waals surface area contributed by atoms with E-state index in [1.54, 1.807) is 54.7 Å². The zero-order valence-electron chi connectivity index (χ0n) is 11.7. The number of rotatable bonds is 1. The van der Waals surface area contributed by atoms with Gasteiger partial charge in [-0.25, -0.2) is 0 Å². The Bertz CT molecular complexity index is 713. The summed E-state index contributed by atoms with van der Waals surface area (Å²) >= 11 is 0. The van der Waals surface area contributed by atoms with Crippen LogP contribution in [0.15, 0.2) is 81.9 Å². The molecule has 0 aliphatic carbocycles. The largest absolute Gasteiger partial charge is 0.366 e. The number of fused-ring (bicyclic) bond motifs is 1. The second-order valence-electron chi connectivity index (χ2n) is 4.15. The average Bonchev–Trinajstić information content (AvgIpc) is 2.52. The number of allylic oxidation sites excluding steroid dienone is 5. The van der Waals surface area contributed by atoms with Crippen LogP contribution in [0, 0.1) is 0 Å². The third-order valence-electron chi connectivity index (χ3n) is 2.64. The summed E-state index contributed by atoms with van der Waals surface area (Å²) in [6.07, 6.45) is 13.3. The van der Waals surface area contributed by atoms with Crippen molar-refractivity contribution in [2.24, 2.45) is 21.3 Å². The first-order valence-electron chi connectivity index (χ1n) is 6.48. The maximum Gasteiger partial charge on any atom is 0.248 e. The quantitative estimate of drug-likeness (QED) is 0.862. The third-order valence-corrected chi connectivity index (χ3v) is 2.64. The van der Waals surface area contributed by atoms with Gasteiger partial charge in [0.25, 0.3) is 0 Å². The molecule has 0 atom stereocenters. The molecule has 0 saturated heterocycles. The van der Waals surface area contributed by atoms with Crippen molar-refractivity contribution in [2.45, 2.75) is 0 Å². The molecule has 0 unspecified atom stereocenters. The molecule has 1 aromatic carbocycles. The van der Waals surface area contributed by atoms with E-state index in [9.17, 15) is 4.79 Å². The van der Waals surface area contributed by atoms with E-state index in [0.29, 0.717) is 11.3 Å². The van der Waals surface area contributed by atoms with Crippen LogP contribution in [0.3, 0.4) is 0 Å². The molecule has 0 saturated carbocycles. The number of hydrogen-bond acceptors (Lipinski definition) is 5. The van der Waals surface area contributed by atoms with E-state index in [1.165, 1.54) is 6.21 Å². The monoisotopic (exact) mass is 294 g/mol. The predicted molar refractivity (Wildman–Crippen MR) is 85.0 cm³/mol. The summed E-state index contributed by atoms with van der Waals surface area (Å²) in [6.45, 7) is 0. The number of benzene rings is 1. The molecule has 110 valence electrons. The van der Waals surface area contributed by atoms with Crippen LogP contribution in [0.4, 0.5) is 0 Å². The number of nitrogens with two attached hydrogens (primary N) is 1. The summed E-state index contributed by atoms with van der Waals surface area (Å²) in [5, 5.41) is 10.7. The Hall–Kier alpha value is -3.28. The summed E-state index contributed by atoms with van der Waals surface area (Å²) < 4.78 is 0. The standard InChI is InChI=1S/C16H14N4O2/c17-16(21)14-8-3-1-2-6-12-18-19-20-22-15-9-5-4-7-13(15)10-11-14/h1-12H,(H2,17,21)/b3-1-,6-2+,11-10+,14-8-,18-12+,20-19-. The fourth-order valence-corrected chi connectivity index (χ4v) is 1.59. The number of carbonyl (C=O) groups excluding carboxylic acids is 1. The van der Waals surface area contributed by atoms with E-state index in [0.717, 1.165) is 5.56 Å². The summed E-state index contributed by atoms with van der Waals surface area (Å²) in [5.41, 5.74) is 6.45. The molecule has 1 aromatic rings. The van der Waals surface area contributed by atoms with Crippen LogP contribution in [0.5, 0.6) is 5.75 Å². The van der Waals surface area contributed by atoms with E-state index in [1.807, 2.05) is 12.1 Å². The maximum absolute atomic E-state index is 11.4. The van der Waals surface area contributed by atoms with Crippen LogP contribution in [-0.2, 0) is 4.79 Å². The van der Waals surface area contributed by atoms with Crippen molar-refractivity contribution < 1.29 is 9.63 Å². The second kappa shape index (κ2) is 8.11. The van der Waals surface area contributed by atoms with Crippen LogP contribution in [0.1, 0.15) is 5.56 Å². The minimum absolute atomic E-state index is 0.365. The minimum atomic E-state index is -0.520. The van der Waals surface area contributed by atoms with Gasteiger partial charge < -0.3 is 10.6 Å². The first-order chi connectivity index (χ1) is 10.8. The third kappa shape index (κ3) is 4.68. The van der Waals surface area contributed by atoms with Crippen molar-refractivity contribution in [1.29, 1.82) is 0 Å². The lowest BCUT2D eigenvalue weighted by atomic mass is 10.1. The highest BCUT2D eigenvalue weighted by Crippen LogP contribution is 2.20. The first kappa shape index (κ1) is 15.1. The lowest BCUT2D eigenvalue weighted by Gasteiger charge is -2.01. The Balaban J connectivity index is 2.40. The van der Waals surface area contributed by atoms with Gasteiger partial charge in [-0.05, 0) is 29.5 Å². The van der Waals surface area contributed by atoms with E-state index in [4.69, 9.17) is 10.6 Å². The summed E-state index contributed by atoms with van der Waals surface area (Å²) in [5.74, 6) is -0.0312. The van der Waals surface area contributed by atoms with Gasteiger partial charge in [0.05, 0.1) is 11.5 Å². The van der Waals surface area contributed by atoms with Crippen molar-refractivity contribution in [3.05, 3.63) is 71.9 Å². The van der Waals surface area contributed by atoms with Crippen LogP contribution >= 0.6 is 0 Å². The Morgan fingerprint density at radius 3 is 2.73 bits per heavy atom. The molecule has 22 heavy (non-hydrogen) atoms. The van der Waals surface area contributed by atoms with Crippen LogP contribution < -0.4 is 10.6 Å². The summed E-state index contributed by atoms with van der Waals surface area (Å²) in [7, 11) is 0. The van der Waals surface area contributed by atoms with Gasteiger partial charge in [0.2, 0.25) is 5.91 Å². The van der Waals surface area contributed by atoms with Gasteiger partial charge in [-0.3, -0.25) is 4.79 Å². The van der Waals surface area contributed by atoms with E-state index in [-0.39, 0.29) is 0 Å². The second-order valence-corrected chi connectivity index (χ2v) is 4.15. The van der Waals surface area contributed by atoms with Gasteiger partial charge in [-0.1, -0.05) is 42.5 Å². The van der Waals surface area contributed by atoms with E-state index in [2.05, 4.69) is 15.6 Å². The lowest BCUT2D eigenvalue weighted by molar-refractivity contribution is -0.114. The van der Waals surface area contributed by atoms with Gasteiger partial charge >= 0.3 is 0 Å². The number of para-hydroxylation sites is 1. The zero-order chi connectivity index (χ0) is 15.6. The SMILES string of the molecule is NC(=O)C1=C\C=C/C=C/C=N/N=N\Oc2ccccc2\C=C\1. The molecule has 1 aliphatic heterocycles. The average molecular weight is 294 g/mol. The lowest BCUT2D eigenvalue weighted by Crippen LogP contribution is -2.12. The van der Waals surface area contributed by atoms with Crippen LogP contribution in [0.2, 0.25) is 0 Å². The van der Waals surface area contributed by atoms with Gasteiger partial charge in [0.15, 0.2) is 5.75 Å². The van der Waals surface area contributed by atoms with Crippen molar-refractivity contribution >= 4 is 18.2 Å². The fourth-order valence-electron chi connectivity index (χ4n) is 1.59. The maximum atomic E-state index is 11.4. The molecule has 0 spiro atoms. The number of amides is 1. The highest BCUT2D eigenvalue weighted by atomic mass is 16.6. The summed E-state index contributed by atoms with van der Waals surface area (Å²) in [4.78, 5) is 16.6. The Morgan fingerprint density at radius 1 is 1.05 bits per heavy atom. The Kier molecular flexibility index (Phi) is 5.57. The van der Waals surface area contributed by atoms with Gasteiger partial charge in [-0.2, -0.15) is 0 Å². The molecule has 2 N–H and O–H groups in total. The topological polar surface area (TPSA) is 89.4 Å². The molecule has 2 rings (SSSR count). The number of hydrogen-bond donors (Lipinski definition) is 1. The normalized spacial score (nSPS) is 24.1. The number of primary amides is 1. The molecule has 1 heterocycles. The molecule has 0 fully saturated rings. The van der Waals surface area contributed by atoms with Crippen molar-refractivity contribution in [2.75, 3.05) is 0 Å². The highest BCUT2D eigenvalue weighted by molar-refractivity contribution is 5.96. The Morgan fingerprint density at radius 2 is 1.86 bits per heavy atom. The molecular formula is C16H14N4O2. The Labute approximate surface area is 127 Å². The van der Waals surface area contributed by atoms with E-state index >= 15 is 0 Å². The molecule has 0 aromatic heterocycles. The van der Waals surface area contributed by atoms with Gasteiger partial charge in [0, 0.05) is 11.1 Å². The molecule has 0 radical (unpaired) electrons. The zero-order valence-corrected chi connectivity index (χ0v) is 11.7. The van der Waals surface area contributed by atoms with Crippen molar-refractivity contribution in [1.82, 2.24) is 0 Å². The predicted octanol–water partition coefficient (Wildman–Crippen LogP) is 2.97. The smallest absolute Gasteiger partial charge is 0.248 e. The van der Waals surface area contributed by atoms with Crippen LogP contribution in [0.25, 0.3) is 6.08 Å². The van der Waals surface area contributed by atoms with Gasteiger partial charge in [-0.15, -0.1) is 5.10 Å². The summed E-state index contributed by atoms with van der Waals surface area (Å²) in [6, 6.07) is 7.19. The van der Waals surface area contributed by atoms with Crippen molar-refractivity contribution in [3.8, 4) is 5.75 Å². The molecule has 0 bridgehead atoms. The van der Waals surface area contributed by atoms with E-state index < -0.39 is 5.91 Å². The first-order valence-corrected chi connectivity index (χ1v) is 6.48. The van der Waals surface area contributed by atoms with Crippen molar-refractivity contribution in [3.63, 3.8) is 0 Å². The molecular weight excluding hydrogens is 280 g/mol. The molecule has 1 aliphatic rings. The number of carbonyl (C=O) groups is 1. The highest BCUT2D eigenvalue weighted by Gasteiger charge is 2.02. The fraction of sp³-hybridized carbons (Fsp3) is 0. The van der Waals surface area contributed by atoms with Crippen LogP contribution in [-0.4, -0.2) is 12.1 Å². The molecule has 1 amide bonds. The van der Waals surface area contributed by atoms with Gasteiger partial charge in [0.1, 0.15) is 0 Å². The molecule has 6 heteroatoms. The molecule has 6 nitrogen and oxygen atoms in total. The minimum Gasteiger partial charge on any atom is -0.366 e.